The van der Waals surface area contributed by atoms with Crippen LogP contribution in [0, 0.1) is 189 Å². The van der Waals surface area contributed by atoms with Gasteiger partial charge in [0.05, 0.1) is 0 Å². The van der Waals surface area contributed by atoms with Gasteiger partial charge in [0.15, 0.2) is 0 Å². The van der Waals surface area contributed by atoms with Crippen molar-refractivity contribution < 1.29 is 175 Å². The van der Waals surface area contributed by atoms with Gasteiger partial charge in [0, 0.05) is 165 Å². The van der Waals surface area contributed by atoms with Crippen molar-refractivity contribution in [3.63, 3.8) is 0 Å². The second-order valence-electron chi connectivity index (χ2n) is 3.18. The first-order valence-electron chi connectivity index (χ1n) is 4.46. The van der Waals surface area contributed by atoms with Gasteiger partial charge in [-0.25, -0.2) is 0 Å². The zero-order chi connectivity index (χ0) is 10.7. The molecule has 0 aliphatic heterocycles. The number of rotatable bonds is 2. The molecule has 2 aromatic carbocycles. The minimum absolute atomic E-state index is 0. The monoisotopic (exact) mass is 760 g/mol. The average Bonchev–Trinajstić information content (AvgIpc) is 2.25. The molecule has 0 fully saturated rings. The van der Waals surface area contributed by atoms with Crippen LogP contribution in [-0.2, 0) is 6.42 Å². The van der Waals surface area contributed by atoms with E-state index in [0.717, 1.165) is 11.1 Å². The van der Waals surface area contributed by atoms with Crippen molar-refractivity contribution in [3.8, 4) is 11.5 Å². The third-order valence-electron chi connectivity index (χ3n) is 1.99. The number of hydrogen-bond acceptors (Lipinski definition) is 2. The zero-order valence-electron chi connectivity index (χ0n) is 10.2. The van der Waals surface area contributed by atoms with E-state index in [4.69, 9.17) is 10.2 Å². The largest absolute Gasteiger partial charge is 0.559 e. The Morgan fingerprint density at radius 1 is 0.632 bits per heavy atom. The first kappa shape index (κ1) is 27.3. The summed E-state index contributed by atoms with van der Waals surface area (Å²) in [4.78, 5) is 0. The molecule has 0 heterocycles. The summed E-state index contributed by atoms with van der Waals surface area (Å²) in [6, 6.07) is 17.5. The smallest absolute Gasteiger partial charge is 0 e. The molecule has 0 bridgehead atoms. The Balaban J connectivity index is -0.000000640. The van der Waals surface area contributed by atoms with Crippen LogP contribution >= 0.6 is 0 Å². The van der Waals surface area contributed by atoms with Gasteiger partial charge in [0.1, 0.15) is 0 Å². The van der Waals surface area contributed by atoms with E-state index in [9.17, 15) is 0 Å². The number of benzene rings is 2. The summed E-state index contributed by atoms with van der Waals surface area (Å²) in [5, 5.41) is 18.0. The van der Waals surface area contributed by atoms with Crippen molar-refractivity contribution in [2.24, 2.45) is 0 Å². The molecule has 0 aromatic heterocycles. The van der Waals surface area contributed by atoms with Crippen LogP contribution in [0.1, 0.15) is 11.1 Å². The Hall–Kier alpha value is 3.49. The van der Waals surface area contributed by atoms with Crippen molar-refractivity contribution in [2.75, 3.05) is 0 Å². The maximum atomic E-state index is 9.00. The van der Waals surface area contributed by atoms with Gasteiger partial charge in [-0.3, -0.25) is 35.4 Å². The topological polar surface area (TPSA) is 40.5 Å². The fourth-order valence-corrected chi connectivity index (χ4v) is 1.25. The van der Waals surface area contributed by atoms with Crippen molar-refractivity contribution in [1.82, 2.24) is 0 Å². The summed E-state index contributed by atoms with van der Waals surface area (Å²) in [6.45, 7) is 0. The molecule has 0 spiro atoms. The predicted molar refractivity (Wildman–Crippen MR) is 54.4 cm³/mol. The fraction of sp³-hybridized carbons (Fsp3) is 0.0769. The van der Waals surface area contributed by atoms with E-state index in [1.807, 2.05) is 0 Å². The maximum Gasteiger partial charge on any atom is 0 e. The van der Waals surface area contributed by atoms with Crippen LogP contribution in [0.3, 0.4) is 0 Å². The molecule has 0 atom stereocenters. The number of phenolic OH excluding ortho intramolecular Hbond substituents is 2. The molecule has 19 heavy (non-hydrogen) atoms. The van der Waals surface area contributed by atoms with E-state index in [1.165, 1.54) is 0 Å². The molecule has 6 heteroatoms. The normalized spacial score (nSPS) is 8.00. The standard InChI is InChI=1S/C13H8O2.4Pr/c14-12-5-1-10(2-6-12)9-11-3-7-13(15)8-4-11;;;;/h1-4,14-15H,9H2;;;;/q-4;;;;. The molecular formula is C13H8O2Pr4-4. The average molecular weight is 760 g/mol. The molecule has 2 nitrogen and oxygen atoms in total. The van der Waals surface area contributed by atoms with E-state index in [-0.39, 0.29) is 177 Å². The van der Waals surface area contributed by atoms with Crippen molar-refractivity contribution >= 4 is 0 Å². The molecule has 2 aromatic rings. The van der Waals surface area contributed by atoms with E-state index in [2.05, 4.69) is 24.3 Å². The molecule has 2 N–H and O–H groups in total. The predicted octanol–water partition coefficient (Wildman–Crippen LogP) is 1.89. The van der Waals surface area contributed by atoms with E-state index >= 15 is 0 Å². The first-order valence-corrected chi connectivity index (χ1v) is 4.46. The Morgan fingerprint density at radius 3 is 1.16 bits per heavy atom. The summed E-state index contributed by atoms with van der Waals surface area (Å²) in [5.74, 6) is 0.0326. The second-order valence-corrected chi connectivity index (χ2v) is 3.18. The molecular weight excluding hydrogens is 752 g/mol. The van der Waals surface area contributed by atoms with Crippen LogP contribution in [-0.4, -0.2) is 10.2 Å². The molecule has 2 rings (SSSR count). The summed E-state index contributed by atoms with van der Waals surface area (Å²) in [5.41, 5.74) is 1.97. The zero-order valence-corrected chi connectivity index (χ0v) is 25.0. The van der Waals surface area contributed by atoms with Gasteiger partial charge in [0.2, 0.25) is 0 Å². The number of phenols is 2. The summed E-state index contributed by atoms with van der Waals surface area (Å²) < 4.78 is 0. The summed E-state index contributed by atoms with van der Waals surface area (Å²) in [7, 11) is 0. The van der Waals surface area contributed by atoms with Gasteiger partial charge in [-0.15, -0.1) is 11.5 Å². The molecule has 0 unspecified atom stereocenters. The van der Waals surface area contributed by atoms with Crippen LogP contribution in [0.25, 0.3) is 0 Å². The molecule has 0 saturated heterocycles. The van der Waals surface area contributed by atoms with Crippen LogP contribution in [0.2, 0.25) is 0 Å². The van der Waals surface area contributed by atoms with E-state index in [0.29, 0.717) is 6.42 Å². The van der Waals surface area contributed by atoms with Crippen LogP contribution in [0.15, 0.2) is 24.3 Å². The molecule has 0 amide bonds. The molecule has 0 aliphatic rings. The van der Waals surface area contributed by atoms with E-state index in [1.54, 1.807) is 24.3 Å². The van der Waals surface area contributed by atoms with Gasteiger partial charge >= 0.3 is 0 Å². The molecule has 0 saturated carbocycles. The summed E-state index contributed by atoms with van der Waals surface area (Å²) >= 11 is 0. The molecule has 4 radical (unpaired) electrons. The number of aromatic hydroxyl groups is 2. The van der Waals surface area contributed by atoms with Crippen LogP contribution < -0.4 is 0 Å². The minimum Gasteiger partial charge on any atom is -0.559 e. The Labute approximate surface area is 246 Å². The summed E-state index contributed by atoms with van der Waals surface area (Å²) in [6.07, 6.45) is 0.681. The minimum atomic E-state index is 0. The Morgan fingerprint density at radius 2 is 0.895 bits per heavy atom. The first-order chi connectivity index (χ1) is 7.24. The third kappa shape index (κ3) is 10.8. The number of hydrogen-bond donors (Lipinski definition) is 2. The van der Waals surface area contributed by atoms with Gasteiger partial charge in [-0.1, -0.05) is 0 Å². The van der Waals surface area contributed by atoms with E-state index < -0.39 is 0 Å². The molecule has 88 valence electrons. The van der Waals surface area contributed by atoms with Crippen molar-refractivity contribution in [1.29, 1.82) is 0 Å². The van der Waals surface area contributed by atoms with Gasteiger partial charge in [0.25, 0.3) is 0 Å². The fourth-order valence-electron chi connectivity index (χ4n) is 1.25. The Bertz CT molecular complexity index is 400. The van der Waals surface area contributed by atoms with Gasteiger partial charge in [-0.05, 0) is 0 Å². The van der Waals surface area contributed by atoms with Crippen LogP contribution in [0.5, 0.6) is 11.5 Å². The maximum absolute atomic E-state index is 9.00. The van der Waals surface area contributed by atoms with Crippen molar-refractivity contribution in [3.05, 3.63) is 59.7 Å². The second kappa shape index (κ2) is 15.0. The van der Waals surface area contributed by atoms with Crippen molar-refractivity contribution in [2.45, 2.75) is 6.42 Å². The quantitative estimate of drug-likeness (QED) is 0.460. The third-order valence-corrected chi connectivity index (χ3v) is 1.99. The van der Waals surface area contributed by atoms with Crippen LogP contribution in [0.4, 0.5) is 0 Å². The Kier molecular flexibility index (Phi) is 21.7. The molecule has 0 aliphatic carbocycles. The van der Waals surface area contributed by atoms with Gasteiger partial charge in [-0.2, -0.15) is 6.42 Å². The van der Waals surface area contributed by atoms with Gasteiger partial charge < -0.3 is 34.5 Å². The SMILES string of the molecule is Oc1[c-]cc(Cc2c[c-]c(O)[c-]c2)c[c-]1.[Pr].[Pr].[Pr].[Pr].